The number of ketones is 1. The highest BCUT2D eigenvalue weighted by molar-refractivity contribution is 5.86. The molecule has 5 rings (SSSR count). The molecule has 4 heteroatoms. The van der Waals surface area contributed by atoms with Crippen molar-refractivity contribution in [2.45, 2.75) is 97.7 Å². The van der Waals surface area contributed by atoms with Crippen molar-refractivity contribution in [2.24, 2.45) is 52.3 Å². The van der Waals surface area contributed by atoms with Gasteiger partial charge in [0.05, 0.1) is 19.3 Å². The van der Waals surface area contributed by atoms with Gasteiger partial charge >= 0.3 is 5.97 Å². The van der Waals surface area contributed by atoms with Gasteiger partial charge in [0, 0.05) is 18.3 Å². The minimum atomic E-state index is -0.0969. The Morgan fingerprint density at radius 1 is 1.13 bits per heavy atom. The summed E-state index contributed by atoms with van der Waals surface area (Å²) < 4.78 is 10.9. The van der Waals surface area contributed by atoms with E-state index >= 15 is 0 Å². The van der Waals surface area contributed by atoms with E-state index in [0.717, 1.165) is 19.3 Å². The van der Waals surface area contributed by atoms with Gasteiger partial charge in [-0.3, -0.25) is 9.59 Å². The molecule has 1 aliphatic heterocycles. The predicted molar refractivity (Wildman–Crippen MR) is 119 cm³/mol. The summed E-state index contributed by atoms with van der Waals surface area (Å²) >= 11 is 0. The van der Waals surface area contributed by atoms with E-state index in [1.165, 1.54) is 39.2 Å². The van der Waals surface area contributed by atoms with Crippen LogP contribution in [0.3, 0.4) is 0 Å². The third-order valence-electron chi connectivity index (χ3n) is 11.2. The number of fused-ring (bicyclic) bond motifs is 6. The molecule has 0 radical (unpaired) electrons. The maximum atomic E-state index is 14.0. The lowest BCUT2D eigenvalue weighted by Gasteiger charge is -2.61. The Hall–Kier alpha value is -0.900. The summed E-state index contributed by atoms with van der Waals surface area (Å²) in [6.45, 7) is 9.58. The quantitative estimate of drug-likeness (QED) is 0.431. The molecule has 0 aromatic carbocycles. The van der Waals surface area contributed by atoms with Crippen LogP contribution in [0.2, 0.25) is 0 Å². The molecule has 4 aliphatic carbocycles. The molecule has 0 N–H and O–H groups in total. The largest absolute Gasteiger partial charge is 0.469 e. The Labute approximate surface area is 188 Å². The van der Waals surface area contributed by atoms with Crippen LogP contribution >= 0.6 is 0 Å². The number of carbonyl (C=O) groups excluding carboxylic acids is 2. The van der Waals surface area contributed by atoms with E-state index in [1.54, 1.807) is 0 Å². The first-order chi connectivity index (χ1) is 14.7. The number of hydrogen-bond acceptors (Lipinski definition) is 4. The first-order valence-corrected chi connectivity index (χ1v) is 13.0. The summed E-state index contributed by atoms with van der Waals surface area (Å²) in [5.74, 6) is 3.69. The number of rotatable bonds is 5. The SMILES string of the molecule is CC[C@H]1C(=O)C2C3CC[C@H]([C@H](C)CCC(=O)OC)[C@@]3(C)CCC2[C@@]2(C)C[C@@H]3O[C@@H]3C[C@@H]12. The van der Waals surface area contributed by atoms with Crippen molar-refractivity contribution in [2.75, 3.05) is 7.11 Å². The molecular formula is C27H42O4. The summed E-state index contributed by atoms with van der Waals surface area (Å²) in [6.07, 6.45) is 10.5. The fraction of sp³-hybridized carbons (Fsp3) is 0.926. The smallest absolute Gasteiger partial charge is 0.305 e. The first kappa shape index (κ1) is 21.9. The summed E-state index contributed by atoms with van der Waals surface area (Å²) in [7, 11) is 1.48. The maximum Gasteiger partial charge on any atom is 0.305 e. The van der Waals surface area contributed by atoms with Gasteiger partial charge in [-0.05, 0) is 91.8 Å². The van der Waals surface area contributed by atoms with Crippen LogP contribution in [0.15, 0.2) is 0 Å². The summed E-state index contributed by atoms with van der Waals surface area (Å²) in [5, 5.41) is 0. The fourth-order valence-corrected chi connectivity index (χ4v) is 9.55. The molecule has 5 fully saturated rings. The average molecular weight is 431 g/mol. The Morgan fingerprint density at radius 2 is 1.87 bits per heavy atom. The monoisotopic (exact) mass is 430 g/mol. The van der Waals surface area contributed by atoms with Crippen LogP contribution in [0.25, 0.3) is 0 Å². The molecule has 1 heterocycles. The molecule has 0 amide bonds. The zero-order valence-corrected chi connectivity index (χ0v) is 20.2. The molecule has 4 nitrogen and oxygen atoms in total. The second-order valence-electron chi connectivity index (χ2n) is 12.2. The van der Waals surface area contributed by atoms with E-state index in [-0.39, 0.29) is 28.6 Å². The normalized spacial score (nSPS) is 51.2. The highest BCUT2D eigenvalue weighted by Gasteiger charge is 2.67. The molecule has 0 spiro atoms. The van der Waals surface area contributed by atoms with Crippen LogP contribution in [0.5, 0.6) is 0 Å². The van der Waals surface area contributed by atoms with Gasteiger partial charge in [-0.15, -0.1) is 0 Å². The van der Waals surface area contributed by atoms with Crippen LogP contribution in [0.4, 0.5) is 0 Å². The molecule has 5 aliphatic rings. The minimum Gasteiger partial charge on any atom is -0.469 e. The van der Waals surface area contributed by atoms with Crippen molar-refractivity contribution >= 4 is 11.8 Å². The van der Waals surface area contributed by atoms with Gasteiger partial charge in [0.2, 0.25) is 0 Å². The van der Waals surface area contributed by atoms with Crippen molar-refractivity contribution in [1.29, 1.82) is 0 Å². The van der Waals surface area contributed by atoms with Gasteiger partial charge in [0.1, 0.15) is 5.78 Å². The van der Waals surface area contributed by atoms with Crippen molar-refractivity contribution < 1.29 is 19.1 Å². The average Bonchev–Trinajstić information content (AvgIpc) is 3.40. The summed E-state index contributed by atoms with van der Waals surface area (Å²) in [5.41, 5.74) is 0.508. The lowest BCUT2D eigenvalue weighted by atomic mass is 9.42. The minimum absolute atomic E-state index is 0.0969. The molecule has 4 saturated carbocycles. The molecule has 174 valence electrons. The number of carbonyl (C=O) groups is 2. The molecular weight excluding hydrogens is 388 g/mol. The van der Waals surface area contributed by atoms with Crippen LogP contribution in [-0.4, -0.2) is 31.1 Å². The van der Waals surface area contributed by atoms with Gasteiger partial charge in [-0.25, -0.2) is 0 Å². The van der Waals surface area contributed by atoms with E-state index < -0.39 is 0 Å². The van der Waals surface area contributed by atoms with Gasteiger partial charge < -0.3 is 9.47 Å². The van der Waals surface area contributed by atoms with Gasteiger partial charge in [0.25, 0.3) is 0 Å². The van der Waals surface area contributed by atoms with Crippen LogP contribution in [0, 0.1) is 52.3 Å². The summed E-state index contributed by atoms with van der Waals surface area (Å²) in [6, 6.07) is 0. The number of hydrogen-bond donors (Lipinski definition) is 0. The second-order valence-corrected chi connectivity index (χ2v) is 12.2. The number of ether oxygens (including phenoxy) is 2. The standard InChI is InChI=1S/C27H42O4/c1-6-16-20-13-21-22(31-21)14-27(20,4)19-11-12-26(3)17(15(2)7-10-23(28)30-5)8-9-18(26)24(19)25(16)29/h15-22,24H,6-14H2,1-5H3/t15-,16-,17-,18?,19?,20+,21-,22+,24?,26-,27-/m1/s1. The van der Waals surface area contributed by atoms with E-state index in [0.29, 0.717) is 54.0 Å². The number of epoxide rings is 1. The van der Waals surface area contributed by atoms with Crippen molar-refractivity contribution in [3.63, 3.8) is 0 Å². The zero-order valence-electron chi connectivity index (χ0n) is 20.2. The molecule has 0 aromatic heterocycles. The number of methoxy groups -OCH3 is 1. The lowest BCUT2D eigenvalue weighted by Crippen LogP contribution is -2.60. The molecule has 1 saturated heterocycles. The highest BCUT2D eigenvalue weighted by Crippen LogP contribution is 2.70. The Morgan fingerprint density at radius 3 is 2.58 bits per heavy atom. The van der Waals surface area contributed by atoms with Gasteiger partial charge in [-0.1, -0.05) is 27.7 Å². The predicted octanol–water partition coefficient (Wildman–Crippen LogP) is 5.43. The van der Waals surface area contributed by atoms with Crippen molar-refractivity contribution in [3.8, 4) is 0 Å². The van der Waals surface area contributed by atoms with Gasteiger partial charge in [-0.2, -0.15) is 0 Å². The maximum absolute atomic E-state index is 14.0. The first-order valence-electron chi connectivity index (χ1n) is 13.0. The Bertz CT molecular complexity index is 748. The van der Waals surface area contributed by atoms with Crippen molar-refractivity contribution in [1.82, 2.24) is 0 Å². The third kappa shape index (κ3) is 3.17. The Kier molecular flexibility index (Phi) is 5.35. The topological polar surface area (TPSA) is 55.9 Å². The number of esters is 1. The van der Waals surface area contributed by atoms with Crippen molar-refractivity contribution in [3.05, 3.63) is 0 Å². The van der Waals surface area contributed by atoms with Crippen LogP contribution < -0.4 is 0 Å². The molecule has 0 bridgehead atoms. The lowest BCUT2D eigenvalue weighted by molar-refractivity contribution is -0.166. The third-order valence-corrected chi connectivity index (χ3v) is 11.2. The molecule has 31 heavy (non-hydrogen) atoms. The van der Waals surface area contributed by atoms with E-state index in [1.807, 2.05) is 0 Å². The number of Topliss-reactive ketones (excluding diaryl/α,β-unsaturated/α-hetero) is 1. The Balaban J connectivity index is 1.41. The summed E-state index contributed by atoms with van der Waals surface area (Å²) in [4.78, 5) is 25.7. The van der Waals surface area contributed by atoms with E-state index in [9.17, 15) is 9.59 Å². The van der Waals surface area contributed by atoms with E-state index in [4.69, 9.17) is 9.47 Å². The highest BCUT2D eigenvalue weighted by atomic mass is 16.6. The fourth-order valence-electron chi connectivity index (χ4n) is 9.55. The zero-order chi connectivity index (χ0) is 22.1. The second kappa shape index (κ2) is 7.57. The van der Waals surface area contributed by atoms with Gasteiger partial charge in [0.15, 0.2) is 0 Å². The molecule has 3 unspecified atom stereocenters. The molecule has 11 atom stereocenters. The molecule has 0 aromatic rings. The van der Waals surface area contributed by atoms with E-state index in [2.05, 4.69) is 27.7 Å². The van der Waals surface area contributed by atoms with Crippen LogP contribution in [0.1, 0.15) is 85.5 Å². The van der Waals surface area contributed by atoms with Crippen LogP contribution in [-0.2, 0) is 19.1 Å².